The molecule has 3 aromatic carbocycles. The number of rotatable bonds is 4. The summed E-state index contributed by atoms with van der Waals surface area (Å²) in [6.45, 7) is 0. The number of nitrogens with one attached hydrogen (secondary N) is 1. The van der Waals surface area contributed by atoms with E-state index in [1.54, 1.807) is 42.5 Å². The summed E-state index contributed by atoms with van der Waals surface area (Å²) in [6, 6.07) is 19.3. The third-order valence-electron chi connectivity index (χ3n) is 4.30. The smallest absolute Gasteiger partial charge is 0.275 e. The lowest BCUT2D eigenvalue weighted by Crippen LogP contribution is -2.17. The first kappa shape index (κ1) is 19.1. The van der Waals surface area contributed by atoms with Gasteiger partial charge in [0.25, 0.3) is 5.91 Å². The molecule has 0 saturated carbocycles. The Kier molecular flexibility index (Phi) is 5.25. The molecule has 4 rings (SSSR count). The van der Waals surface area contributed by atoms with Gasteiger partial charge in [-0.15, -0.1) is 0 Å². The van der Waals surface area contributed by atoms with Crippen LogP contribution in [0.15, 0.2) is 76.2 Å². The van der Waals surface area contributed by atoms with Gasteiger partial charge in [-0.1, -0.05) is 47.5 Å². The zero-order chi connectivity index (χ0) is 20.4. The van der Waals surface area contributed by atoms with Gasteiger partial charge in [-0.3, -0.25) is 4.79 Å². The zero-order valence-electron chi connectivity index (χ0n) is 14.9. The van der Waals surface area contributed by atoms with Gasteiger partial charge < -0.3 is 9.52 Å². The first-order valence-electron chi connectivity index (χ1n) is 8.62. The van der Waals surface area contributed by atoms with E-state index < -0.39 is 5.91 Å². The van der Waals surface area contributed by atoms with Crippen molar-refractivity contribution in [3.8, 4) is 17.1 Å². The van der Waals surface area contributed by atoms with E-state index >= 15 is 0 Å². The molecule has 1 heterocycles. The van der Waals surface area contributed by atoms with Crippen LogP contribution in [0.1, 0.15) is 16.1 Å². The molecule has 5 nitrogen and oxygen atoms in total. The van der Waals surface area contributed by atoms with E-state index in [-0.39, 0.29) is 11.3 Å². The van der Waals surface area contributed by atoms with Crippen molar-refractivity contribution in [3.63, 3.8) is 0 Å². The highest BCUT2D eigenvalue weighted by Gasteiger charge is 2.12. The maximum absolute atomic E-state index is 12.4. The average Bonchev–Trinajstić information content (AvgIpc) is 3.18. The molecule has 0 fully saturated rings. The number of carbonyl (C=O) groups is 1. The Morgan fingerprint density at radius 3 is 2.48 bits per heavy atom. The number of hydrazone groups is 1. The number of phenols is 1. The molecule has 0 saturated heterocycles. The maximum atomic E-state index is 12.4. The molecule has 0 bridgehead atoms. The normalized spacial score (nSPS) is 11.2. The largest absolute Gasteiger partial charge is 0.507 e. The third kappa shape index (κ3) is 4.11. The number of nitrogens with zero attached hydrogens (tertiary/aromatic N) is 1. The third-order valence-corrected chi connectivity index (χ3v) is 5.04. The standard InChI is InChI=1S/C22H14Cl2N2O3/c23-18-7-5-15(10-19(18)24)21-8-6-16(29-21)12-25-26-22(28)17-9-13-3-1-2-4-14(13)11-20(17)27/h1-12,27H,(H,26,28). The highest BCUT2D eigenvalue weighted by molar-refractivity contribution is 6.42. The lowest BCUT2D eigenvalue weighted by Gasteiger charge is -2.05. The number of hydrogen-bond acceptors (Lipinski definition) is 4. The van der Waals surface area contributed by atoms with Crippen molar-refractivity contribution in [2.24, 2.45) is 5.10 Å². The topological polar surface area (TPSA) is 74.8 Å². The minimum atomic E-state index is -0.527. The Morgan fingerprint density at radius 1 is 0.966 bits per heavy atom. The van der Waals surface area contributed by atoms with Crippen LogP contribution in [-0.2, 0) is 0 Å². The fourth-order valence-electron chi connectivity index (χ4n) is 2.85. The predicted molar refractivity (Wildman–Crippen MR) is 115 cm³/mol. The van der Waals surface area contributed by atoms with Gasteiger partial charge in [0.2, 0.25) is 0 Å². The molecule has 0 unspecified atom stereocenters. The van der Waals surface area contributed by atoms with E-state index in [0.717, 1.165) is 16.3 Å². The molecule has 1 aromatic heterocycles. The van der Waals surface area contributed by atoms with Crippen LogP contribution < -0.4 is 5.43 Å². The summed E-state index contributed by atoms with van der Waals surface area (Å²) in [7, 11) is 0. The number of benzene rings is 3. The summed E-state index contributed by atoms with van der Waals surface area (Å²) in [5.74, 6) is 0.384. The van der Waals surface area contributed by atoms with Crippen LogP contribution in [0, 0.1) is 0 Å². The Bertz CT molecular complexity index is 1250. The molecular weight excluding hydrogens is 411 g/mol. The average molecular weight is 425 g/mol. The van der Waals surface area contributed by atoms with Gasteiger partial charge in [-0.05, 0) is 53.2 Å². The van der Waals surface area contributed by atoms with Crippen LogP contribution in [0.25, 0.3) is 22.1 Å². The molecule has 1 amide bonds. The molecule has 7 heteroatoms. The van der Waals surface area contributed by atoms with Crippen molar-refractivity contribution >= 4 is 46.1 Å². The summed E-state index contributed by atoms with van der Waals surface area (Å²) in [5.41, 5.74) is 3.29. The lowest BCUT2D eigenvalue weighted by molar-refractivity contribution is 0.0952. The molecule has 0 aliphatic carbocycles. The summed E-state index contributed by atoms with van der Waals surface area (Å²) in [4.78, 5) is 12.4. The number of phenolic OH excluding ortho intramolecular Hbond substituents is 1. The van der Waals surface area contributed by atoms with Gasteiger partial charge >= 0.3 is 0 Å². The monoisotopic (exact) mass is 424 g/mol. The molecule has 0 aliphatic heterocycles. The summed E-state index contributed by atoms with van der Waals surface area (Å²) in [6.07, 6.45) is 1.37. The van der Waals surface area contributed by atoms with Gasteiger partial charge in [-0.25, -0.2) is 5.43 Å². The maximum Gasteiger partial charge on any atom is 0.275 e. The first-order chi connectivity index (χ1) is 14.0. The number of aromatic hydroxyl groups is 1. The highest BCUT2D eigenvalue weighted by atomic mass is 35.5. The van der Waals surface area contributed by atoms with Gasteiger partial charge in [-0.2, -0.15) is 5.10 Å². The van der Waals surface area contributed by atoms with Gasteiger partial charge in [0.05, 0.1) is 21.8 Å². The van der Waals surface area contributed by atoms with E-state index in [1.165, 1.54) is 6.21 Å². The molecule has 144 valence electrons. The fraction of sp³-hybridized carbons (Fsp3) is 0. The molecule has 0 aliphatic rings. The Hall–Kier alpha value is -3.28. The van der Waals surface area contributed by atoms with Crippen molar-refractivity contribution in [1.82, 2.24) is 5.43 Å². The van der Waals surface area contributed by atoms with Crippen molar-refractivity contribution in [1.29, 1.82) is 0 Å². The Morgan fingerprint density at radius 2 is 1.72 bits per heavy atom. The molecule has 0 atom stereocenters. The van der Waals surface area contributed by atoms with Crippen molar-refractivity contribution in [2.45, 2.75) is 0 Å². The molecule has 0 radical (unpaired) electrons. The van der Waals surface area contributed by atoms with E-state index in [0.29, 0.717) is 21.6 Å². The van der Waals surface area contributed by atoms with Crippen LogP contribution in [0.3, 0.4) is 0 Å². The molecular formula is C22H14Cl2N2O3. The summed E-state index contributed by atoms with van der Waals surface area (Å²) < 4.78 is 5.68. The summed E-state index contributed by atoms with van der Waals surface area (Å²) in [5, 5.41) is 16.6. The van der Waals surface area contributed by atoms with Crippen LogP contribution in [0.5, 0.6) is 5.75 Å². The van der Waals surface area contributed by atoms with Gasteiger partial charge in [0, 0.05) is 5.56 Å². The quantitative estimate of drug-likeness (QED) is 0.317. The first-order valence-corrected chi connectivity index (χ1v) is 9.37. The summed E-state index contributed by atoms with van der Waals surface area (Å²) >= 11 is 12.0. The second kappa shape index (κ2) is 7.99. The van der Waals surface area contributed by atoms with Crippen LogP contribution in [-0.4, -0.2) is 17.2 Å². The number of amides is 1. The molecule has 2 N–H and O–H groups in total. The number of carbonyl (C=O) groups excluding carboxylic acids is 1. The highest BCUT2D eigenvalue weighted by Crippen LogP contribution is 2.29. The molecule has 29 heavy (non-hydrogen) atoms. The predicted octanol–water partition coefficient (Wildman–Crippen LogP) is 5.88. The van der Waals surface area contributed by atoms with E-state index in [4.69, 9.17) is 27.6 Å². The molecule has 4 aromatic rings. The van der Waals surface area contributed by atoms with Crippen LogP contribution in [0.2, 0.25) is 10.0 Å². The molecule has 0 spiro atoms. The minimum absolute atomic E-state index is 0.115. The Balaban J connectivity index is 1.48. The second-order valence-corrected chi connectivity index (χ2v) is 7.06. The number of hydrogen-bond donors (Lipinski definition) is 2. The van der Waals surface area contributed by atoms with Crippen LogP contribution >= 0.6 is 23.2 Å². The fourth-order valence-corrected chi connectivity index (χ4v) is 3.15. The van der Waals surface area contributed by atoms with Gasteiger partial charge in [0.1, 0.15) is 17.3 Å². The zero-order valence-corrected chi connectivity index (χ0v) is 16.4. The van der Waals surface area contributed by atoms with Gasteiger partial charge in [0.15, 0.2) is 0 Å². The number of halogens is 2. The lowest BCUT2D eigenvalue weighted by atomic mass is 10.1. The van der Waals surface area contributed by atoms with E-state index in [2.05, 4.69) is 10.5 Å². The minimum Gasteiger partial charge on any atom is -0.507 e. The second-order valence-electron chi connectivity index (χ2n) is 6.25. The number of fused-ring (bicyclic) bond motifs is 1. The Labute approximate surface area is 176 Å². The van der Waals surface area contributed by atoms with Crippen LogP contribution in [0.4, 0.5) is 0 Å². The van der Waals surface area contributed by atoms with E-state index in [9.17, 15) is 9.90 Å². The van der Waals surface area contributed by atoms with Crippen molar-refractivity contribution in [3.05, 3.63) is 88.1 Å². The van der Waals surface area contributed by atoms with Crippen molar-refractivity contribution in [2.75, 3.05) is 0 Å². The van der Waals surface area contributed by atoms with E-state index in [1.807, 2.05) is 24.3 Å². The SMILES string of the molecule is O=C(NN=Cc1ccc(-c2ccc(Cl)c(Cl)c2)o1)c1cc2ccccc2cc1O. The number of furan rings is 1. The van der Waals surface area contributed by atoms with Crippen molar-refractivity contribution < 1.29 is 14.3 Å².